The summed E-state index contributed by atoms with van der Waals surface area (Å²) in [6.45, 7) is -0.525. The summed E-state index contributed by atoms with van der Waals surface area (Å²) in [5, 5.41) is 10.3. The molecule has 0 aromatic rings. The molecule has 3 aliphatic rings. The zero-order chi connectivity index (χ0) is 17.6. The van der Waals surface area contributed by atoms with E-state index in [0.29, 0.717) is 17.1 Å². The van der Waals surface area contributed by atoms with Gasteiger partial charge in [-0.3, -0.25) is 4.79 Å². The van der Waals surface area contributed by atoms with Gasteiger partial charge in [0, 0.05) is 6.42 Å². The summed E-state index contributed by atoms with van der Waals surface area (Å²) in [5.41, 5.74) is 0. The smallest absolute Gasteiger partial charge is 0.304 e. The predicted molar refractivity (Wildman–Crippen MR) is 78.0 cm³/mol. The van der Waals surface area contributed by atoms with Crippen LogP contribution in [0.15, 0.2) is 0 Å². The minimum absolute atomic E-state index is 0.144. The van der Waals surface area contributed by atoms with Crippen molar-refractivity contribution in [3.05, 3.63) is 0 Å². The van der Waals surface area contributed by atoms with Crippen molar-refractivity contribution in [3.8, 4) is 0 Å². The number of rotatable bonds is 3. The Hall–Kier alpha value is -0.870. The van der Waals surface area contributed by atoms with Gasteiger partial charge in [-0.25, -0.2) is 17.9 Å². The van der Waals surface area contributed by atoms with Crippen LogP contribution in [0.4, 0.5) is 13.2 Å². The molecule has 6 atom stereocenters. The summed E-state index contributed by atoms with van der Waals surface area (Å²) in [6.07, 6.45) is -4.03. The molecule has 138 valence electrons. The molecule has 1 aliphatic heterocycles. The Kier molecular flexibility index (Phi) is 4.82. The Balaban J connectivity index is 1.79. The second-order valence-corrected chi connectivity index (χ2v) is 8.67. The van der Waals surface area contributed by atoms with E-state index in [-0.39, 0.29) is 31.1 Å². The molecular formula is C14H21F3N2O4S. The van der Waals surface area contributed by atoms with E-state index in [4.69, 9.17) is 0 Å². The first kappa shape index (κ1) is 17.9. The number of fused-ring (bicyclic) bond motifs is 1. The molecule has 1 amide bonds. The van der Waals surface area contributed by atoms with Gasteiger partial charge in [0.2, 0.25) is 12.3 Å². The molecule has 6 unspecified atom stereocenters. The van der Waals surface area contributed by atoms with Crippen molar-refractivity contribution in [2.45, 2.75) is 56.8 Å². The number of hydrogen-bond acceptors (Lipinski definition) is 4. The SMILES string of the molecule is O=C1CN(C2C(O)CC3CCC(CC(F)F)CC3C2F)S(=O)(=O)N1. The number of hydrogen-bond donors (Lipinski definition) is 2. The van der Waals surface area contributed by atoms with Crippen LogP contribution in [0.25, 0.3) is 0 Å². The lowest BCUT2D eigenvalue weighted by Crippen LogP contribution is -2.58. The molecule has 24 heavy (non-hydrogen) atoms. The van der Waals surface area contributed by atoms with E-state index >= 15 is 4.39 Å². The number of carbonyl (C=O) groups excluding carboxylic acids is 1. The van der Waals surface area contributed by atoms with Gasteiger partial charge in [-0.2, -0.15) is 12.7 Å². The summed E-state index contributed by atoms with van der Waals surface area (Å²) in [7, 11) is -4.16. The number of nitrogens with one attached hydrogen (secondary N) is 1. The molecule has 0 aromatic heterocycles. The van der Waals surface area contributed by atoms with Crippen molar-refractivity contribution in [3.63, 3.8) is 0 Å². The largest absolute Gasteiger partial charge is 0.391 e. The molecule has 10 heteroatoms. The molecule has 2 N–H and O–H groups in total. The van der Waals surface area contributed by atoms with Gasteiger partial charge in [-0.05, 0) is 43.4 Å². The minimum Gasteiger partial charge on any atom is -0.391 e. The third-order valence-electron chi connectivity index (χ3n) is 5.53. The average molecular weight is 370 g/mol. The second kappa shape index (κ2) is 6.45. The summed E-state index contributed by atoms with van der Waals surface area (Å²) in [5.74, 6) is -1.78. The van der Waals surface area contributed by atoms with Crippen LogP contribution in [0.1, 0.15) is 32.1 Å². The van der Waals surface area contributed by atoms with E-state index in [1.165, 1.54) is 0 Å². The fourth-order valence-corrected chi connectivity index (χ4v) is 5.83. The lowest BCUT2D eigenvalue weighted by Gasteiger charge is -2.47. The molecule has 3 rings (SSSR count). The molecular weight excluding hydrogens is 349 g/mol. The quantitative estimate of drug-likeness (QED) is 0.770. The van der Waals surface area contributed by atoms with E-state index in [2.05, 4.69) is 0 Å². The Morgan fingerprint density at radius 1 is 1.29 bits per heavy atom. The standard InChI is InChI=1S/C14H21F3N2O4S/c15-11(16)4-7-1-2-8-5-10(20)14(13(17)9(8)3-7)19-6-12(21)18-24(19,22)23/h7-11,13-14,20H,1-6H2,(H,18,21). The third kappa shape index (κ3) is 3.28. The molecule has 0 spiro atoms. The van der Waals surface area contributed by atoms with Crippen molar-refractivity contribution >= 4 is 16.1 Å². The van der Waals surface area contributed by atoms with Gasteiger partial charge in [0.15, 0.2) is 0 Å². The number of aliphatic hydroxyl groups excluding tert-OH is 1. The highest BCUT2D eigenvalue weighted by atomic mass is 32.2. The lowest BCUT2D eigenvalue weighted by atomic mass is 9.64. The predicted octanol–water partition coefficient (Wildman–Crippen LogP) is 0.822. The van der Waals surface area contributed by atoms with Gasteiger partial charge in [0.05, 0.1) is 18.7 Å². The van der Waals surface area contributed by atoms with Crippen molar-refractivity contribution in [2.75, 3.05) is 6.54 Å². The lowest BCUT2D eigenvalue weighted by molar-refractivity contribution is -0.120. The van der Waals surface area contributed by atoms with Crippen molar-refractivity contribution in [2.24, 2.45) is 17.8 Å². The first-order chi connectivity index (χ1) is 11.2. The maximum atomic E-state index is 15.1. The normalized spacial score (nSPS) is 42.8. The van der Waals surface area contributed by atoms with Crippen LogP contribution in [0.2, 0.25) is 0 Å². The van der Waals surface area contributed by atoms with Gasteiger partial charge in [0.1, 0.15) is 6.17 Å². The summed E-state index contributed by atoms with van der Waals surface area (Å²) in [6, 6.07) is -1.35. The number of carbonyl (C=O) groups is 1. The zero-order valence-electron chi connectivity index (χ0n) is 12.9. The molecule has 6 nitrogen and oxygen atoms in total. The fourth-order valence-electron chi connectivity index (χ4n) is 4.50. The highest BCUT2D eigenvalue weighted by molar-refractivity contribution is 7.88. The van der Waals surface area contributed by atoms with Crippen LogP contribution in [0.5, 0.6) is 0 Å². The Bertz CT molecular complexity index is 603. The Labute approximate surface area is 138 Å². The van der Waals surface area contributed by atoms with E-state index < -0.39 is 53.3 Å². The van der Waals surface area contributed by atoms with E-state index in [9.17, 15) is 27.1 Å². The monoisotopic (exact) mass is 370 g/mol. The van der Waals surface area contributed by atoms with E-state index in [0.717, 1.165) is 0 Å². The molecule has 2 saturated carbocycles. The zero-order valence-corrected chi connectivity index (χ0v) is 13.8. The Morgan fingerprint density at radius 2 is 2.00 bits per heavy atom. The highest BCUT2D eigenvalue weighted by Crippen LogP contribution is 2.47. The molecule has 2 aliphatic carbocycles. The molecule has 1 heterocycles. The Morgan fingerprint density at radius 3 is 2.58 bits per heavy atom. The third-order valence-corrected chi connectivity index (χ3v) is 7.00. The first-order valence-electron chi connectivity index (χ1n) is 8.11. The highest BCUT2D eigenvalue weighted by Gasteiger charge is 2.53. The topological polar surface area (TPSA) is 86.7 Å². The van der Waals surface area contributed by atoms with E-state index in [1.54, 1.807) is 4.72 Å². The van der Waals surface area contributed by atoms with Crippen LogP contribution < -0.4 is 4.72 Å². The molecule has 3 fully saturated rings. The number of amides is 1. The van der Waals surface area contributed by atoms with Crippen LogP contribution in [0, 0.1) is 17.8 Å². The summed E-state index contributed by atoms with van der Waals surface area (Å²) in [4.78, 5) is 11.4. The second-order valence-electron chi connectivity index (χ2n) is 7.04. The van der Waals surface area contributed by atoms with E-state index in [1.807, 2.05) is 0 Å². The molecule has 0 bridgehead atoms. The number of alkyl halides is 3. The first-order valence-corrected chi connectivity index (χ1v) is 9.55. The minimum atomic E-state index is -4.16. The van der Waals surface area contributed by atoms with Crippen molar-refractivity contribution < 1.29 is 31.5 Å². The fraction of sp³-hybridized carbons (Fsp3) is 0.929. The van der Waals surface area contributed by atoms with Gasteiger partial charge < -0.3 is 5.11 Å². The molecule has 0 aromatic carbocycles. The van der Waals surface area contributed by atoms with Crippen molar-refractivity contribution in [1.82, 2.24) is 9.03 Å². The van der Waals surface area contributed by atoms with Gasteiger partial charge in [-0.15, -0.1) is 0 Å². The van der Waals surface area contributed by atoms with Gasteiger partial charge >= 0.3 is 10.2 Å². The maximum absolute atomic E-state index is 15.1. The summed E-state index contributed by atoms with van der Waals surface area (Å²) >= 11 is 0. The number of halogens is 3. The van der Waals surface area contributed by atoms with Gasteiger partial charge in [-0.1, -0.05) is 0 Å². The number of nitrogens with zero attached hydrogens (tertiary/aromatic N) is 1. The van der Waals surface area contributed by atoms with Crippen LogP contribution in [-0.4, -0.2) is 55.0 Å². The average Bonchev–Trinajstić information content (AvgIpc) is 2.72. The van der Waals surface area contributed by atoms with Crippen molar-refractivity contribution in [1.29, 1.82) is 0 Å². The van der Waals surface area contributed by atoms with Crippen LogP contribution in [-0.2, 0) is 15.0 Å². The van der Waals surface area contributed by atoms with Gasteiger partial charge in [0.25, 0.3) is 0 Å². The maximum Gasteiger partial charge on any atom is 0.304 e. The summed E-state index contributed by atoms with van der Waals surface area (Å²) < 4.78 is 66.6. The number of aliphatic hydroxyl groups is 1. The van der Waals surface area contributed by atoms with Crippen LogP contribution in [0.3, 0.4) is 0 Å². The molecule has 0 radical (unpaired) electrons. The molecule has 1 saturated heterocycles. The van der Waals surface area contributed by atoms with Crippen LogP contribution >= 0.6 is 0 Å².